The molecular weight excluding hydrogens is 501 g/mol. The van der Waals surface area contributed by atoms with Crippen LogP contribution in [0.1, 0.15) is 18.3 Å². The summed E-state index contributed by atoms with van der Waals surface area (Å²) in [5, 5.41) is -3.37. The maximum atomic E-state index is 13.5. The minimum absolute atomic E-state index is 1.05. The molecule has 182 valence electrons. The maximum absolute atomic E-state index is 13.5. The minimum atomic E-state index is -8.17. The lowest BCUT2D eigenvalue weighted by atomic mass is 10.4. The molecule has 0 saturated carbocycles. The summed E-state index contributed by atoms with van der Waals surface area (Å²) in [6.45, 7) is 7.47. The Bertz CT molecular complexity index is 983. The second-order valence-electron chi connectivity index (χ2n) is 5.64. The van der Waals surface area contributed by atoms with Crippen molar-refractivity contribution < 1.29 is 66.0 Å². The van der Waals surface area contributed by atoms with Gasteiger partial charge in [-0.25, -0.2) is 16.8 Å². The summed E-state index contributed by atoms with van der Waals surface area (Å²) in [7, 11) is -14.2. The van der Waals surface area contributed by atoms with Crippen molar-refractivity contribution in [3.8, 4) is 0 Å². The number of nitrogens with zero attached hydrogens (tertiary/aromatic N) is 3. The van der Waals surface area contributed by atoms with Crippen LogP contribution in [-0.2, 0) is 38.1 Å². The van der Waals surface area contributed by atoms with E-state index in [0.717, 1.165) is 6.54 Å². The Morgan fingerprint density at radius 3 is 1.48 bits per heavy atom. The molecule has 0 saturated heterocycles. The lowest BCUT2D eigenvalue weighted by Gasteiger charge is -2.24. The largest absolute Gasteiger partial charge is 0.502 e. The Kier molecular flexibility index (Phi) is 8.25. The second kappa shape index (κ2) is 8.83. The molecule has 1 aromatic heterocycles. The topological polar surface area (TPSA) is 97.4 Å². The SMILES string of the molecule is CC[n+]1c(C)cc(C)n1C.O=C(N(F)F)C(F)(S(=O)(=O)C(F)(F)F)S(=O)(=O)C(F)(F)F. The smallest absolute Gasteiger partial charge is 0.263 e. The zero-order chi connectivity index (χ0) is 25.4. The molecule has 1 amide bonds. The molecule has 1 heterocycles. The fourth-order valence-corrected chi connectivity index (χ4v) is 5.05. The first kappa shape index (κ1) is 28.9. The molecule has 1 rings (SSSR count). The number of aromatic nitrogens is 2. The Hall–Kier alpha value is -2.05. The van der Waals surface area contributed by atoms with Crippen LogP contribution in [0.5, 0.6) is 0 Å². The van der Waals surface area contributed by atoms with E-state index in [4.69, 9.17) is 0 Å². The van der Waals surface area contributed by atoms with Crippen molar-refractivity contribution in [2.45, 2.75) is 42.7 Å². The van der Waals surface area contributed by atoms with Crippen molar-refractivity contribution in [2.24, 2.45) is 7.05 Å². The van der Waals surface area contributed by atoms with Gasteiger partial charge in [0.25, 0.3) is 0 Å². The van der Waals surface area contributed by atoms with Gasteiger partial charge in [-0.3, -0.25) is 4.79 Å². The van der Waals surface area contributed by atoms with E-state index in [-0.39, 0.29) is 0 Å². The van der Waals surface area contributed by atoms with Gasteiger partial charge in [0, 0.05) is 18.3 Å². The number of sulfone groups is 2. The Morgan fingerprint density at radius 1 is 0.968 bits per heavy atom. The summed E-state index contributed by atoms with van der Waals surface area (Å²) < 4.78 is 149. The van der Waals surface area contributed by atoms with Crippen molar-refractivity contribution in [1.29, 1.82) is 0 Å². The number of hydrogen-bond donors (Lipinski definition) is 0. The molecule has 0 unspecified atom stereocenters. The quantitative estimate of drug-likeness (QED) is 0.347. The number of rotatable bonds is 4. The van der Waals surface area contributed by atoms with Gasteiger partial charge in [-0.15, -0.1) is 4.68 Å². The van der Waals surface area contributed by atoms with Crippen LogP contribution in [0, 0.1) is 13.8 Å². The summed E-state index contributed by atoms with van der Waals surface area (Å²) in [6.07, 6.45) is 0. The second-order valence-corrected chi connectivity index (χ2v) is 9.96. The van der Waals surface area contributed by atoms with Crippen molar-refractivity contribution in [2.75, 3.05) is 0 Å². The molecular formula is C12H15F9N3O5S2+. The predicted octanol–water partition coefficient (Wildman–Crippen LogP) is 2.03. The Balaban J connectivity index is 0.000000743. The fourth-order valence-electron chi connectivity index (χ4n) is 2.13. The predicted molar refractivity (Wildman–Crippen MR) is 83.6 cm³/mol. The summed E-state index contributed by atoms with van der Waals surface area (Å²) in [4.78, 5) is 10.4. The van der Waals surface area contributed by atoms with Crippen LogP contribution in [0.25, 0.3) is 0 Å². The number of carbonyl (C=O) groups is 1. The minimum Gasteiger partial charge on any atom is -0.263 e. The van der Waals surface area contributed by atoms with Crippen LogP contribution in [0.4, 0.5) is 39.7 Å². The van der Waals surface area contributed by atoms with E-state index in [9.17, 15) is 61.3 Å². The van der Waals surface area contributed by atoms with E-state index in [1.807, 2.05) is 0 Å². The first-order valence-corrected chi connectivity index (χ1v) is 10.5. The zero-order valence-corrected chi connectivity index (χ0v) is 17.5. The molecule has 0 atom stereocenters. The summed E-state index contributed by atoms with van der Waals surface area (Å²) in [5.74, 6) is -4.39. The molecule has 0 bridgehead atoms. The van der Waals surface area contributed by atoms with Crippen LogP contribution < -0.4 is 4.68 Å². The Morgan fingerprint density at radius 2 is 1.32 bits per heavy atom. The lowest BCUT2D eigenvalue weighted by molar-refractivity contribution is -0.775. The number of aryl methyl sites for hydroxylation is 2. The van der Waals surface area contributed by atoms with Crippen molar-refractivity contribution in [1.82, 2.24) is 10.0 Å². The van der Waals surface area contributed by atoms with E-state index in [2.05, 4.69) is 43.2 Å². The molecule has 1 aromatic rings. The van der Waals surface area contributed by atoms with Crippen molar-refractivity contribution in [3.05, 3.63) is 17.5 Å². The normalized spacial score (nSPS) is 13.5. The molecule has 0 radical (unpaired) electrons. The van der Waals surface area contributed by atoms with Crippen molar-refractivity contribution >= 4 is 25.6 Å². The maximum Gasteiger partial charge on any atom is 0.502 e. The van der Waals surface area contributed by atoms with E-state index in [1.54, 1.807) is 0 Å². The van der Waals surface area contributed by atoms with Crippen LogP contribution >= 0.6 is 0 Å². The number of alkyl halides is 7. The van der Waals surface area contributed by atoms with Gasteiger partial charge in [-0.1, -0.05) is 8.96 Å². The molecule has 0 aliphatic rings. The average Bonchev–Trinajstić information content (AvgIpc) is 2.83. The van der Waals surface area contributed by atoms with Gasteiger partial charge in [0.15, 0.2) is 6.54 Å². The standard InChI is InChI=1S/C8H15N2.C4F9NO5S2/c1-5-10-8(3)6-7(2)9(10)4;5-2(1(15)14(12)13,20(16,17)3(6,7)8)21(18,19)4(9,10)11/h6H,5H2,1-4H3;/q+1;. The van der Waals surface area contributed by atoms with E-state index >= 15 is 0 Å². The zero-order valence-electron chi connectivity index (χ0n) is 15.9. The monoisotopic (exact) mass is 516 g/mol. The first-order chi connectivity index (χ1) is 13.5. The average molecular weight is 516 g/mol. The highest BCUT2D eigenvalue weighted by atomic mass is 32.3. The van der Waals surface area contributed by atoms with Crippen LogP contribution in [-0.4, -0.2) is 48.1 Å². The highest BCUT2D eigenvalue weighted by Gasteiger charge is 2.79. The van der Waals surface area contributed by atoms with Gasteiger partial charge in [0.1, 0.15) is 0 Å². The highest BCUT2D eigenvalue weighted by molar-refractivity contribution is 8.12. The number of amides is 1. The van der Waals surface area contributed by atoms with E-state index < -0.39 is 46.3 Å². The third-order valence-electron chi connectivity index (χ3n) is 3.71. The number of halogens is 9. The van der Waals surface area contributed by atoms with E-state index in [1.165, 1.54) is 11.4 Å². The fraction of sp³-hybridized carbons (Fsp3) is 0.667. The molecule has 0 spiro atoms. The van der Waals surface area contributed by atoms with Gasteiger partial charge in [0.2, 0.25) is 5.69 Å². The molecule has 31 heavy (non-hydrogen) atoms. The number of hydrogen-bond acceptors (Lipinski definition) is 5. The summed E-state index contributed by atoms with van der Waals surface area (Å²) in [5.41, 5.74) is -11.5. The first-order valence-electron chi connectivity index (χ1n) is 7.52. The van der Waals surface area contributed by atoms with E-state index in [0.29, 0.717) is 0 Å². The molecule has 0 N–H and O–H groups in total. The molecule has 8 nitrogen and oxygen atoms in total. The van der Waals surface area contributed by atoms with Crippen molar-refractivity contribution in [3.63, 3.8) is 0 Å². The molecule has 0 aliphatic carbocycles. The van der Waals surface area contributed by atoms with Gasteiger partial charge in [-0.2, -0.15) is 35.4 Å². The summed E-state index contributed by atoms with van der Waals surface area (Å²) in [6, 6.07) is 2.20. The van der Waals surface area contributed by atoms with Gasteiger partial charge < -0.3 is 0 Å². The third kappa shape index (κ3) is 4.90. The summed E-state index contributed by atoms with van der Waals surface area (Å²) >= 11 is 0. The van der Waals surface area contributed by atoms with Gasteiger partial charge in [0.05, 0.1) is 12.7 Å². The molecule has 0 aromatic carbocycles. The molecule has 19 heteroatoms. The van der Waals surface area contributed by atoms with Crippen LogP contribution in [0.3, 0.4) is 0 Å². The van der Waals surface area contributed by atoms with Gasteiger partial charge >= 0.3 is 40.9 Å². The molecule has 0 aliphatic heterocycles. The molecule has 0 fully saturated rings. The Labute approximate surface area is 169 Å². The van der Waals surface area contributed by atoms with Gasteiger partial charge in [-0.05, 0) is 13.8 Å². The van der Waals surface area contributed by atoms with Crippen LogP contribution in [0.15, 0.2) is 6.07 Å². The highest BCUT2D eigenvalue weighted by Crippen LogP contribution is 2.45. The lowest BCUT2D eigenvalue weighted by Crippen LogP contribution is -2.60. The number of carbonyl (C=O) groups excluding carboxylic acids is 1. The van der Waals surface area contributed by atoms with Crippen LogP contribution in [0.2, 0.25) is 0 Å². The third-order valence-corrected chi connectivity index (χ3v) is 7.97.